The van der Waals surface area contributed by atoms with Crippen LogP contribution in [0, 0.1) is 12.3 Å². The first-order chi connectivity index (χ1) is 7.15. The van der Waals surface area contributed by atoms with Gasteiger partial charge in [-0.25, -0.2) is 4.98 Å². The third kappa shape index (κ3) is 3.28. The molecular formula is C12H22N2S. The van der Waals surface area contributed by atoms with Gasteiger partial charge < -0.3 is 5.32 Å². The number of thiazole rings is 1. The van der Waals surface area contributed by atoms with Crippen molar-refractivity contribution in [3.8, 4) is 0 Å². The van der Waals surface area contributed by atoms with Crippen LogP contribution in [0.3, 0.4) is 0 Å². The van der Waals surface area contributed by atoms with Crippen LogP contribution >= 0.6 is 11.3 Å². The molecular weight excluding hydrogens is 204 g/mol. The summed E-state index contributed by atoms with van der Waals surface area (Å²) in [6, 6.07) is 0. The Bertz CT molecular complexity index is 290. The summed E-state index contributed by atoms with van der Waals surface area (Å²) in [6.45, 7) is 7.71. The Morgan fingerprint density at radius 3 is 2.47 bits per heavy atom. The first-order valence-corrected chi connectivity index (χ1v) is 6.59. The predicted molar refractivity (Wildman–Crippen MR) is 67.5 cm³/mol. The van der Waals surface area contributed by atoms with Gasteiger partial charge in [-0.2, -0.15) is 0 Å². The van der Waals surface area contributed by atoms with E-state index in [1.165, 1.54) is 23.5 Å². The quantitative estimate of drug-likeness (QED) is 0.806. The monoisotopic (exact) mass is 226 g/mol. The SMILES string of the molecule is CCC(CC)(CNC)Cc1csc(C)n1. The maximum atomic E-state index is 4.56. The fourth-order valence-electron chi connectivity index (χ4n) is 2.06. The molecule has 15 heavy (non-hydrogen) atoms. The zero-order chi connectivity index (χ0) is 11.3. The molecule has 1 aromatic rings. The Kier molecular flexibility index (Phi) is 4.74. The highest BCUT2D eigenvalue weighted by Crippen LogP contribution is 2.30. The van der Waals surface area contributed by atoms with Gasteiger partial charge in [0, 0.05) is 11.9 Å². The van der Waals surface area contributed by atoms with E-state index in [-0.39, 0.29) is 0 Å². The molecule has 1 heterocycles. The molecule has 86 valence electrons. The second-order valence-electron chi connectivity index (χ2n) is 4.27. The molecule has 0 fully saturated rings. The maximum Gasteiger partial charge on any atom is 0.0897 e. The van der Waals surface area contributed by atoms with Gasteiger partial charge in [0.05, 0.1) is 10.7 Å². The van der Waals surface area contributed by atoms with Crippen molar-refractivity contribution in [1.82, 2.24) is 10.3 Å². The molecule has 2 nitrogen and oxygen atoms in total. The molecule has 0 aliphatic rings. The highest BCUT2D eigenvalue weighted by molar-refractivity contribution is 7.09. The molecule has 0 radical (unpaired) electrons. The van der Waals surface area contributed by atoms with Crippen molar-refractivity contribution in [2.24, 2.45) is 5.41 Å². The van der Waals surface area contributed by atoms with Crippen molar-refractivity contribution in [2.45, 2.75) is 40.0 Å². The van der Waals surface area contributed by atoms with Crippen LogP contribution in [0.4, 0.5) is 0 Å². The number of hydrogen-bond acceptors (Lipinski definition) is 3. The van der Waals surface area contributed by atoms with Crippen molar-refractivity contribution in [2.75, 3.05) is 13.6 Å². The zero-order valence-corrected chi connectivity index (χ0v) is 11.1. The Balaban J connectivity index is 2.73. The minimum Gasteiger partial charge on any atom is -0.319 e. The van der Waals surface area contributed by atoms with E-state index in [1.807, 2.05) is 7.05 Å². The average Bonchev–Trinajstić information content (AvgIpc) is 2.63. The summed E-state index contributed by atoms with van der Waals surface area (Å²) >= 11 is 1.75. The molecule has 0 aromatic carbocycles. The lowest BCUT2D eigenvalue weighted by Gasteiger charge is -2.30. The Morgan fingerprint density at radius 2 is 2.07 bits per heavy atom. The number of aromatic nitrogens is 1. The van der Waals surface area contributed by atoms with Crippen LogP contribution in [0.2, 0.25) is 0 Å². The van der Waals surface area contributed by atoms with Gasteiger partial charge in [-0.05, 0) is 38.6 Å². The summed E-state index contributed by atoms with van der Waals surface area (Å²) in [5.74, 6) is 0. The van der Waals surface area contributed by atoms with Crippen molar-refractivity contribution in [3.05, 3.63) is 16.1 Å². The van der Waals surface area contributed by atoms with Crippen molar-refractivity contribution >= 4 is 11.3 Å². The van der Waals surface area contributed by atoms with E-state index >= 15 is 0 Å². The standard InChI is InChI=1S/C12H22N2S/c1-5-12(6-2,9-13-4)7-11-8-15-10(3)14-11/h8,13H,5-7,9H2,1-4H3. The summed E-state index contributed by atoms with van der Waals surface area (Å²) < 4.78 is 0. The van der Waals surface area contributed by atoms with Crippen LogP contribution in [0.15, 0.2) is 5.38 Å². The van der Waals surface area contributed by atoms with E-state index in [0.29, 0.717) is 5.41 Å². The minimum absolute atomic E-state index is 0.384. The van der Waals surface area contributed by atoms with E-state index in [1.54, 1.807) is 11.3 Å². The van der Waals surface area contributed by atoms with Crippen LogP contribution in [-0.4, -0.2) is 18.6 Å². The van der Waals surface area contributed by atoms with Gasteiger partial charge in [0.15, 0.2) is 0 Å². The molecule has 0 saturated heterocycles. The molecule has 1 N–H and O–H groups in total. The van der Waals surface area contributed by atoms with E-state index in [9.17, 15) is 0 Å². The molecule has 0 unspecified atom stereocenters. The number of rotatable bonds is 6. The summed E-state index contributed by atoms with van der Waals surface area (Å²) in [5, 5.41) is 6.69. The predicted octanol–water partition coefficient (Wildman–Crippen LogP) is 3.02. The first-order valence-electron chi connectivity index (χ1n) is 5.71. The van der Waals surface area contributed by atoms with Crippen LogP contribution < -0.4 is 5.32 Å². The molecule has 0 spiro atoms. The van der Waals surface area contributed by atoms with Crippen LogP contribution in [-0.2, 0) is 6.42 Å². The minimum atomic E-state index is 0.384. The van der Waals surface area contributed by atoms with Gasteiger partial charge in [0.1, 0.15) is 0 Å². The smallest absolute Gasteiger partial charge is 0.0897 e. The molecule has 3 heteroatoms. The lowest BCUT2D eigenvalue weighted by Crippen LogP contribution is -2.33. The lowest BCUT2D eigenvalue weighted by atomic mass is 9.78. The van der Waals surface area contributed by atoms with Gasteiger partial charge in [-0.15, -0.1) is 11.3 Å². The summed E-state index contributed by atoms with van der Waals surface area (Å²) in [7, 11) is 2.03. The highest BCUT2D eigenvalue weighted by atomic mass is 32.1. The van der Waals surface area contributed by atoms with Gasteiger partial charge in [0.2, 0.25) is 0 Å². The topological polar surface area (TPSA) is 24.9 Å². The average molecular weight is 226 g/mol. The van der Waals surface area contributed by atoms with Gasteiger partial charge >= 0.3 is 0 Å². The number of hydrogen-bond donors (Lipinski definition) is 1. The van der Waals surface area contributed by atoms with Crippen molar-refractivity contribution in [3.63, 3.8) is 0 Å². The Hall–Kier alpha value is -0.410. The summed E-state index contributed by atoms with van der Waals surface area (Å²) in [6.07, 6.45) is 3.52. The normalized spacial score (nSPS) is 12.0. The molecule has 0 aliphatic heterocycles. The third-order valence-corrected chi connectivity index (χ3v) is 4.10. The fraction of sp³-hybridized carbons (Fsp3) is 0.750. The van der Waals surface area contributed by atoms with Gasteiger partial charge in [0.25, 0.3) is 0 Å². The van der Waals surface area contributed by atoms with Crippen LogP contribution in [0.25, 0.3) is 0 Å². The van der Waals surface area contributed by atoms with Crippen molar-refractivity contribution in [1.29, 1.82) is 0 Å². The fourth-order valence-corrected chi connectivity index (χ4v) is 2.67. The zero-order valence-electron chi connectivity index (χ0n) is 10.3. The Morgan fingerprint density at radius 1 is 1.40 bits per heavy atom. The Labute approximate surface area is 97.1 Å². The second-order valence-corrected chi connectivity index (χ2v) is 5.33. The van der Waals surface area contributed by atoms with Gasteiger partial charge in [-0.1, -0.05) is 13.8 Å². The third-order valence-electron chi connectivity index (χ3n) is 3.27. The first kappa shape index (κ1) is 12.7. The largest absolute Gasteiger partial charge is 0.319 e. The molecule has 0 amide bonds. The lowest BCUT2D eigenvalue weighted by molar-refractivity contribution is 0.251. The van der Waals surface area contributed by atoms with E-state index < -0.39 is 0 Å². The number of aryl methyl sites for hydroxylation is 1. The molecule has 0 bridgehead atoms. The summed E-state index contributed by atoms with van der Waals surface area (Å²) in [5.41, 5.74) is 1.64. The van der Waals surface area contributed by atoms with E-state index in [0.717, 1.165) is 13.0 Å². The number of nitrogens with one attached hydrogen (secondary N) is 1. The summed E-state index contributed by atoms with van der Waals surface area (Å²) in [4.78, 5) is 4.56. The second kappa shape index (κ2) is 5.61. The maximum absolute atomic E-state index is 4.56. The van der Waals surface area contributed by atoms with E-state index in [2.05, 4.69) is 36.5 Å². The van der Waals surface area contributed by atoms with Crippen molar-refractivity contribution < 1.29 is 0 Å². The van der Waals surface area contributed by atoms with E-state index in [4.69, 9.17) is 0 Å². The molecule has 0 aliphatic carbocycles. The highest BCUT2D eigenvalue weighted by Gasteiger charge is 2.26. The molecule has 1 aromatic heterocycles. The number of nitrogens with zero attached hydrogens (tertiary/aromatic N) is 1. The van der Waals surface area contributed by atoms with Crippen LogP contribution in [0.5, 0.6) is 0 Å². The van der Waals surface area contributed by atoms with Crippen LogP contribution in [0.1, 0.15) is 37.4 Å². The molecule has 0 saturated carbocycles. The molecule has 1 rings (SSSR count). The molecule has 0 atom stereocenters. The van der Waals surface area contributed by atoms with Gasteiger partial charge in [-0.3, -0.25) is 0 Å².